The summed E-state index contributed by atoms with van der Waals surface area (Å²) in [5, 5.41) is 9.93. The minimum atomic E-state index is 0.0193. The molecule has 1 heterocycles. The van der Waals surface area contributed by atoms with E-state index in [1.807, 2.05) is 36.4 Å². The van der Waals surface area contributed by atoms with Crippen LogP contribution in [0.1, 0.15) is 11.3 Å². The number of fused-ring (bicyclic) bond motifs is 1. The molecule has 1 aromatic heterocycles. The van der Waals surface area contributed by atoms with Gasteiger partial charge in [-0.3, -0.25) is 0 Å². The Kier molecular flexibility index (Phi) is 4.39. The third kappa shape index (κ3) is 3.24. The van der Waals surface area contributed by atoms with Gasteiger partial charge in [-0.15, -0.1) is 0 Å². The summed E-state index contributed by atoms with van der Waals surface area (Å²) in [6, 6.07) is 12.9. The number of aliphatic hydroxyl groups excluding tert-OH is 1. The molecule has 120 valence electrons. The van der Waals surface area contributed by atoms with Gasteiger partial charge in [0, 0.05) is 11.5 Å². The fourth-order valence-electron chi connectivity index (χ4n) is 2.33. The molecule has 3 rings (SSSR count). The van der Waals surface area contributed by atoms with E-state index in [0.717, 1.165) is 10.9 Å². The minimum absolute atomic E-state index is 0.0193. The lowest BCUT2D eigenvalue weighted by Gasteiger charge is -2.05. The van der Waals surface area contributed by atoms with Gasteiger partial charge in [0.05, 0.1) is 20.8 Å². The Morgan fingerprint density at radius 3 is 2.39 bits per heavy atom. The maximum Gasteiger partial charge on any atom is 0.176 e. The van der Waals surface area contributed by atoms with Crippen molar-refractivity contribution in [1.82, 2.24) is 0 Å². The van der Waals surface area contributed by atoms with Crippen LogP contribution in [0.5, 0.6) is 17.2 Å². The number of rotatable bonds is 6. The summed E-state index contributed by atoms with van der Waals surface area (Å²) in [7, 11) is 3.20. The molecule has 0 saturated heterocycles. The highest BCUT2D eigenvalue weighted by atomic mass is 16.5. The molecule has 5 heteroatoms. The Morgan fingerprint density at radius 1 is 0.957 bits per heavy atom. The summed E-state index contributed by atoms with van der Waals surface area (Å²) < 4.78 is 22.1. The largest absolute Gasteiger partial charge is 0.497 e. The van der Waals surface area contributed by atoms with Gasteiger partial charge in [-0.05, 0) is 29.8 Å². The van der Waals surface area contributed by atoms with Crippen molar-refractivity contribution in [2.24, 2.45) is 0 Å². The van der Waals surface area contributed by atoms with E-state index in [-0.39, 0.29) is 6.61 Å². The van der Waals surface area contributed by atoms with Crippen molar-refractivity contribution in [3.63, 3.8) is 0 Å². The first-order chi connectivity index (χ1) is 11.2. The first-order valence-corrected chi connectivity index (χ1v) is 7.20. The number of hydrogen-bond donors (Lipinski definition) is 1. The van der Waals surface area contributed by atoms with Gasteiger partial charge in [0.1, 0.15) is 23.9 Å². The SMILES string of the molecule is COc1cc(OC)c2oc(COc3ccc(CO)cc3)cc2c1. The summed E-state index contributed by atoms with van der Waals surface area (Å²) in [4.78, 5) is 0. The van der Waals surface area contributed by atoms with Crippen LogP contribution in [-0.4, -0.2) is 19.3 Å². The Morgan fingerprint density at radius 2 is 1.74 bits per heavy atom. The van der Waals surface area contributed by atoms with E-state index >= 15 is 0 Å². The normalized spacial score (nSPS) is 10.7. The third-order valence-corrected chi connectivity index (χ3v) is 3.55. The molecule has 0 unspecified atom stereocenters. The Balaban J connectivity index is 1.79. The molecule has 0 amide bonds. The van der Waals surface area contributed by atoms with Gasteiger partial charge in [0.15, 0.2) is 11.3 Å². The van der Waals surface area contributed by atoms with Crippen molar-refractivity contribution in [3.8, 4) is 17.2 Å². The lowest BCUT2D eigenvalue weighted by atomic mass is 10.2. The summed E-state index contributed by atoms with van der Waals surface area (Å²) in [6.07, 6.45) is 0. The smallest absolute Gasteiger partial charge is 0.176 e. The molecule has 0 aliphatic carbocycles. The van der Waals surface area contributed by atoms with Gasteiger partial charge in [0.25, 0.3) is 0 Å². The van der Waals surface area contributed by atoms with Crippen LogP contribution in [0, 0.1) is 0 Å². The van der Waals surface area contributed by atoms with Gasteiger partial charge in [-0.25, -0.2) is 0 Å². The number of ether oxygens (including phenoxy) is 3. The van der Waals surface area contributed by atoms with E-state index in [2.05, 4.69) is 0 Å². The molecule has 0 aliphatic heterocycles. The van der Waals surface area contributed by atoms with Crippen LogP contribution in [0.2, 0.25) is 0 Å². The zero-order valence-electron chi connectivity index (χ0n) is 13.0. The van der Waals surface area contributed by atoms with Crippen LogP contribution < -0.4 is 14.2 Å². The number of hydrogen-bond acceptors (Lipinski definition) is 5. The molecule has 1 N–H and O–H groups in total. The standard InChI is InChI=1S/C18H18O5/c1-20-15-7-13-8-16(23-18(13)17(9-15)21-2)11-22-14-5-3-12(10-19)4-6-14/h3-9,19H,10-11H2,1-2H3. The average molecular weight is 314 g/mol. The number of methoxy groups -OCH3 is 2. The molecule has 23 heavy (non-hydrogen) atoms. The quantitative estimate of drug-likeness (QED) is 0.754. The highest BCUT2D eigenvalue weighted by Gasteiger charge is 2.12. The summed E-state index contributed by atoms with van der Waals surface area (Å²) >= 11 is 0. The fourth-order valence-corrected chi connectivity index (χ4v) is 2.33. The molecular formula is C18H18O5. The second kappa shape index (κ2) is 6.62. The Labute approximate surface area is 134 Å². The van der Waals surface area contributed by atoms with E-state index in [4.69, 9.17) is 23.7 Å². The van der Waals surface area contributed by atoms with Crippen LogP contribution in [0.25, 0.3) is 11.0 Å². The molecule has 0 aliphatic rings. The maximum absolute atomic E-state index is 9.03. The molecule has 3 aromatic rings. The highest BCUT2D eigenvalue weighted by molar-refractivity contribution is 5.85. The van der Waals surface area contributed by atoms with E-state index in [9.17, 15) is 0 Å². The maximum atomic E-state index is 9.03. The van der Waals surface area contributed by atoms with E-state index in [1.54, 1.807) is 20.3 Å². The van der Waals surface area contributed by atoms with Crippen molar-refractivity contribution in [2.75, 3.05) is 14.2 Å². The van der Waals surface area contributed by atoms with Crippen molar-refractivity contribution >= 4 is 11.0 Å². The summed E-state index contributed by atoms with van der Waals surface area (Å²) in [6.45, 7) is 0.324. The van der Waals surface area contributed by atoms with E-state index in [1.165, 1.54) is 0 Å². The molecule has 0 saturated carbocycles. The van der Waals surface area contributed by atoms with Gasteiger partial charge < -0.3 is 23.7 Å². The summed E-state index contributed by atoms with van der Waals surface area (Å²) in [5.74, 6) is 2.74. The highest BCUT2D eigenvalue weighted by Crippen LogP contribution is 2.33. The number of aliphatic hydroxyl groups is 1. The van der Waals surface area contributed by atoms with Crippen LogP contribution in [0.3, 0.4) is 0 Å². The van der Waals surface area contributed by atoms with E-state index in [0.29, 0.717) is 35.2 Å². The van der Waals surface area contributed by atoms with Crippen LogP contribution >= 0.6 is 0 Å². The van der Waals surface area contributed by atoms with Crippen LogP contribution in [0.15, 0.2) is 46.9 Å². The first-order valence-electron chi connectivity index (χ1n) is 7.20. The lowest BCUT2D eigenvalue weighted by Crippen LogP contribution is -1.93. The molecular weight excluding hydrogens is 296 g/mol. The number of benzene rings is 2. The predicted octanol–water partition coefficient (Wildman–Crippen LogP) is 3.52. The third-order valence-electron chi connectivity index (χ3n) is 3.55. The Hall–Kier alpha value is -2.66. The van der Waals surface area contributed by atoms with Crippen molar-refractivity contribution in [2.45, 2.75) is 13.2 Å². The second-order valence-corrected chi connectivity index (χ2v) is 5.05. The molecule has 0 fully saturated rings. The predicted molar refractivity (Wildman–Crippen MR) is 86.0 cm³/mol. The second-order valence-electron chi connectivity index (χ2n) is 5.05. The zero-order chi connectivity index (χ0) is 16.2. The zero-order valence-corrected chi connectivity index (χ0v) is 13.0. The van der Waals surface area contributed by atoms with Crippen LogP contribution in [-0.2, 0) is 13.2 Å². The molecule has 0 radical (unpaired) electrons. The topological polar surface area (TPSA) is 61.1 Å². The van der Waals surface area contributed by atoms with Crippen LogP contribution in [0.4, 0.5) is 0 Å². The Bertz CT molecular complexity index is 789. The first kappa shape index (κ1) is 15.2. The van der Waals surface area contributed by atoms with Crippen molar-refractivity contribution in [1.29, 1.82) is 0 Å². The fraction of sp³-hybridized carbons (Fsp3) is 0.222. The van der Waals surface area contributed by atoms with Gasteiger partial charge in [0.2, 0.25) is 0 Å². The molecule has 2 aromatic carbocycles. The molecule has 5 nitrogen and oxygen atoms in total. The van der Waals surface area contributed by atoms with Gasteiger partial charge >= 0.3 is 0 Å². The molecule has 0 atom stereocenters. The van der Waals surface area contributed by atoms with E-state index < -0.39 is 0 Å². The van der Waals surface area contributed by atoms with Gasteiger partial charge in [-0.2, -0.15) is 0 Å². The van der Waals surface area contributed by atoms with Crippen molar-refractivity contribution in [3.05, 3.63) is 53.8 Å². The lowest BCUT2D eigenvalue weighted by molar-refractivity contribution is 0.271. The minimum Gasteiger partial charge on any atom is -0.497 e. The molecule has 0 bridgehead atoms. The van der Waals surface area contributed by atoms with Crippen molar-refractivity contribution < 1.29 is 23.7 Å². The summed E-state index contributed by atoms with van der Waals surface area (Å²) in [5.41, 5.74) is 1.51. The molecule has 0 spiro atoms. The number of furan rings is 1. The van der Waals surface area contributed by atoms with Gasteiger partial charge in [-0.1, -0.05) is 12.1 Å². The monoisotopic (exact) mass is 314 g/mol. The average Bonchev–Trinajstić information content (AvgIpc) is 3.02.